The number of aryl methyl sites for hydroxylation is 1. The second-order valence-electron chi connectivity index (χ2n) is 8.61. The van der Waals surface area contributed by atoms with Crippen molar-refractivity contribution in [2.75, 3.05) is 11.9 Å². The van der Waals surface area contributed by atoms with Crippen molar-refractivity contribution in [1.29, 1.82) is 0 Å². The van der Waals surface area contributed by atoms with E-state index < -0.39 is 17.7 Å². The second kappa shape index (κ2) is 8.97. The molecule has 4 rings (SSSR count). The first-order chi connectivity index (χ1) is 16.1. The Labute approximate surface area is 196 Å². The fourth-order valence-corrected chi connectivity index (χ4v) is 3.38. The molecule has 0 radical (unpaired) electrons. The molecule has 1 amide bonds. The Morgan fingerprint density at radius 1 is 1.15 bits per heavy atom. The van der Waals surface area contributed by atoms with Gasteiger partial charge in [-0.15, -0.1) is 5.10 Å². The maximum atomic E-state index is 12.4. The van der Waals surface area contributed by atoms with E-state index in [-0.39, 0.29) is 6.61 Å². The number of hydrogen-bond acceptors (Lipinski definition) is 7. The van der Waals surface area contributed by atoms with Gasteiger partial charge in [-0.3, -0.25) is 5.32 Å². The molecule has 0 bridgehead atoms. The predicted molar refractivity (Wildman–Crippen MR) is 126 cm³/mol. The van der Waals surface area contributed by atoms with Gasteiger partial charge in [0, 0.05) is 23.5 Å². The van der Waals surface area contributed by atoms with Gasteiger partial charge in [-0.25, -0.2) is 23.8 Å². The van der Waals surface area contributed by atoms with Crippen LogP contribution in [0.25, 0.3) is 22.6 Å². The van der Waals surface area contributed by atoms with Crippen molar-refractivity contribution in [3.05, 3.63) is 60.0 Å². The summed E-state index contributed by atoms with van der Waals surface area (Å²) in [6, 6.07) is 11.0. The molecule has 0 spiro atoms. The zero-order valence-electron chi connectivity index (χ0n) is 19.7. The van der Waals surface area contributed by atoms with Crippen LogP contribution in [-0.2, 0) is 9.47 Å². The number of anilines is 1. The van der Waals surface area contributed by atoms with Gasteiger partial charge in [0.25, 0.3) is 0 Å². The van der Waals surface area contributed by atoms with Crippen LogP contribution in [0.4, 0.5) is 10.6 Å². The molecule has 0 aliphatic carbocycles. The van der Waals surface area contributed by atoms with E-state index in [9.17, 15) is 9.59 Å². The van der Waals surface area contributed by atoms with Crippen molar-refractivity contribution >= 4 is 23.4 Å². The van der Waals surface area contributed by atoms with E-state index in [2.05, 4.69) is 20.5 Å². The summed E-state index contributed by atoms with van der Waals surface area (Å²) in [5, 5.41) is 11.5. The van der Waals surface area contributed by atoms with Gasteiger partial charge in [0.2, 0.25) is 0 Å². The minimum Gasteiger partial charge on any atom is -0.462 e. The van der Waals surface area contributed by atoms with Gasteiger partial charge in [0.1, 0.15) is 11.2 Å². The van der Waals surface area contributed by atoms with Crippen LogP contribution in [0.15, 0.2) is 48.8 Å². The Morgan fingerprint density at radius 3 is 2.65 bits per heavy atom. The SMILES string of the molecule is CCOC(=O)c1cnn2ccc(-c3cc(NC(=O)OC(C)(C)C)nn3-c3cccc(C)n3)cc12. The molecule has 176 valence electrons. The molecule has 34 heavy (non-hydrogen) atoms. The maximum absolute atomic E-state index is 12.4. The first kappa shape index (κ1) is 23.0. The predicted octanol–water partition coefficient (Wildman–Crippen LogP) is 4.41. The lowest BCUT2D eigenvalue weighted by Gasteiger charge is -2.19. The first-order valence-electron chi connectivity index (χ1n) is 10.8. The summed E-state index contributed by atoms with van der Waals surface area (Å²) in [6.45, 7) is 9.26. The number of nitrogens with one attached hydrogen (secondary N) is 1. The van der Waals surface area contributed by atoms with Crippen LogP contribution < -0.4 is 5.32 Å². The number of aromatic nitrogens is 5. The number of ether oxygens (including phenoxy) is 2. The molecule has 0 aliphatic rings. The Morgan fingerprint density at radius 2 is 1.94 bits per heavy atom. The van der Waals surface area contributed by atoms with E-state index in [1.807, 2.05) is 37.3 Å². The van der Waals surface area contributed by atoms with Gasteiger partial charge in [-0.05, 0) is 58.9 Å². The first-order valence-corrected chi connectivity index (χ1v) is 10.8. The number of esters is 1. The number of carbonyl (C=O) groups excluding carboxylic acids is 2. The fraction of sp³-hybridized carbons (Fsp3) is 0.292. The highest BCUT2D eigenvalue weighted by Crippen LogP contribution is 2.28. The Hall–Kier alpha value is -4.21. The van der Waals surface area contributed by atoms with Crippen LogP contribution in [0.2, 0.25) is 0 Å². The molecule has 0 aromatic carbocycles. The molecule has 0 unspecified atom stereocenters. The van der Waals surface area contributed by atoms with Gasteiger partial charge in [-0.1, -0.05) is 6.07 Å². The number of nitrogens with zero attached hydrogens (tertiary/aromatic N) is 5. The normalized spacial score (nSPS) is 11.4. The molecule has 4 aromatic heterocycles. The lowest BCUT2D eigenvalue weighted by molar-refractivity contribution is 0.0527. The highest BCUT2D eigenvalue weighted by molar-refractivity contribution is 5.97. The summed E-state index contributed by atoms with van der Waals surface area (Å²) in [7, 11) is 0. The zero-order valence-corrected chi connectivity index (χ0v) is 19.7. The third-order valence-corrected chi connectivity index (χ3v) is 4.74. The van der Waals surface area contributed by atoms with E-state index in [0.717, 1.165) is 11.3 Å². The summed E-state index contributed by atoms with van der Waals surface area (Å²) in [4.78, 5) is 29.3. The Bertz CT molecular complexity index is 1370. The van der Waals surface area contributed by atoms with Crippen molar-refractivity contribution in [1.82, 2.24) is 24.4 Å². The third-order valence-electron chi connectivity index (χ3n) is 4.74. The monoisotopic (exact) mass is 462 g/mol. The smallest absolute Gasteiger partial charge is 0.413 e. The number of amides is 1. The molecule has 0 fully saturated rings. The summed E-state index contributed by atoms with van der Waals surface area (Å²) >= 11 is 0. The van der Waals surface area contributed by atoms with E-state index in [4.69, 9.17) is 9.47 Å². The third kappa shape index (κ3) is 4.90. The molecular weight excluding hydrogens is 436 g/mol. The lowest BCUT2D eigenvalue weighted by Crippen LogP contribution is -2.27. The molecule has 1 N–H and O–H groups in total. The number of pyridine rings is 2. The average Bonchev–Trinajstić information content (AvgIpc) is 3.36. The molecule has 10 heteroatoms. The zero-order chi connectivity index (χ0) is 24.5. The fourth-order valence-electron chi connectivity index (χ4n) is 3.38. The molecule has 10 nitrogen and oxygen atoms in total. The van der Waals surface area contributed by atoms with Crippen molar-refractivity contribution in [2.24, 2.45) is 0 Å². The van der Waals surface area contributed by atoms with Crippen LogP contribution in [0.5, 0.6) is 0 Å². The molecule has 0 saturated heterocycles. The second-order valence-corrected chi connectivity index (χ2v) is 8.61. The van der Waals surface area contributed by atoms with Crippen molar-refractivity contribution in [3.8, 4) is 17.1 Å². The quantitative estimate of drug-likeness (QED) is 0.437. The number of rotatable bonds is 5. The van der Waals surface area contributed by atoms with E-state index in [1.54, 1.807) is 49.2 Å². The number of hydrogen-bond donors (Lipinski definition) is 1. The lowest BCUT2D eigenvalue weighted by atomic mass is 10.1. The van der Waals surface area contributed by atoms with Crippen LogP contribution in [0, 0.1) is 6.92 Å². The average molecular weight is 463 g/mol. The Balaban J connectivity index is 1.80. The molecule has 4 aromatic rings. The Kier molecular flexibility index (Phi) is 6.06. The van der Waals surface area contributed by atoms with E-state index in [0.29, 0.717) is 28.4 Å². The van der Waals surface area contributed by atoms with Crippen LogP contribution in [0.3, 0.4) is 0 Å². The topological polar surface area (TPSA) is 113 Å². The largest absolute Gasteiger partial charge is 0.462 e. The minimum atomic E-state index is -0.649. The van der Waals surface area contributed by atoms with Crippen molar-refractivity contribution < 1.29 is 19.1 Å². The number of fused-ring (bicyclic) bond motifs is 1. The standard InChI is InChI=1S/C24H26N6O4/c1-6-33-22(31)17-14-25-29-11-10-16(12-19(17)29)18-13-20(27-23(32)34-24(3,4)5)28-30(18)21-9-7-8-15(2)26-21/h7-14H,6H2,1-5H3,(H,27,28,32). The van der Waals surface area contributed by atoms with Gasteiger partial charge in [-0.2, -0.15) is 5.10 Å². The molecule has 0 atom stereocenters. The van der Waals surface area contributed by atoms with Gasteiger partial charge in [0.15, 0.2) is 11.6 Å². The van der Waals surface area contributed by atoms with Gasteiger partial charge in [0.05, 0.1) is 24.0 Å². The van der Waals surface area contributed by atoms with Crippen molar-refractivity contribution in [3.63, 3.8) is 0 Å². The van der Waals surface area contributed by atoms with E-state index in [1.165, 1.54) is 6.20 Å². The minimum absolute atomic E-state index is 0.265. The van der Waals surface area contributed by atoms with Crippen molar-refractivity contribution in [2.45, 2.75) is 40.2 Å². The van der Waals surface area contributed by atoms with Crippen LogP contribution >= 0.6 is 0 Å². The highest BCUT2D eigenvalue weighted by atomic mass is 16.6. The summed E-state index contributed by atoms with van der Waals surface area (Å²) in [6.07, 6.45) is 2.61. The van der Waals surface area contributed by atoms with Gasteiger partial charge >= 0.3 is 12.1 Å². The molecule has 0 aliphatic heterocycles. The summed E-state index contributed by atoms with van der Waals surface area (Å²) < 4.78 is 13.7. The van der Waals surface area contributed by atoms with E-state index >= 15 is 0 Å². The maximum Gasteiger partial charge on any atom is 0.413 e. The number of carbonyl (C=O) groups is 2. The summed E-state index contributed by atoms with van der Waals surface area (Å²) in [5.74, 6) is 0.425. The van der Waals surface area contributed by atoms with Crippen LogP contribution in [0.1, 0.15) is 43.7 Å². The van der Waals surface area contributed by atoms with Crippen LogP contribution in [-0.4, -0.2) is 48.6 Å². The molecular formula is C24H26N6O4. The summed E-state index contributed by atoms with van der Waals surface area (Å²) in [5.41, 5.74) is 2.51. The van der Waals surface area contributed by atoms with Gasteiger partial charge < -0.3 is 9.47 Å². The highest BCUT2D eigenvalue weighted by Gasteiger charge is 2.20. The molecule has 4 heterocycles. The molecule has 0 saturated carbocycles.